The molecule has 0 aromatic carbocycles. The van der Waals surface area contributed by atoms with Gasteiger partial charge < -0.3 is 11.1 Å². The minimum absolute atomic E-state index is 0.457. The van der Waals surface area contributed by atoms with Crippen molar-refractivity contribution in [3.05, 3.63) is 0 Å². The largest absolute Gasteiger partial charge is 0.328 e. The Morgan fingerprint density at radius 1 is 1.50 bits per heavy atom. The van der Waals surface area contributed by atoms with Crippen molar-refractivity contribution in [2.45, 2.75) is 50.2 Å². The fraction of sp³-hybridized carbons (Fsp3) is 1.00. The number of rotatable bonds is 0. The van der Waals surface area contributed by atoms with E-state index < -0.39 is 0 Å². The smallest absolute Gasteiger partial charge is 0.0200 e. The van der Waals surface area contributed by atoms with Crippen LogP contribution in [0, 0.1) is 0 Å². The maximum atomic E-state index is 5.90. The van der Waals surface area contributed by atoms with Crippen LogP contribution in [0.4, 0.5) is 0 Å². The first-order chi connectivity index (χ1) is 4.70. The standard InChI is InChI=1S/C8H16N2/c1-6-4-7(9)5-8(10-6)2-3-8/h6-7,10H,2-5,9H2,1H3/t6-,7?/m1/s1. The molecule has 1 spiro atoms. The molecular weight excluding hydrogens is 124 g/mol. The normalized spacial score (nSPS) is 43.8. The van der Waals surface area contributed by atoms with Crippen LogP contribution in [-0.2, 0) is 0 Å². The van der Waals surface area contributed by atoms with Gasteiger partial charge in [-0.15, -0.1) is 0 Å². The Kier molecular flexibility index (Phi) is 1.29. The predicted octanol–water partition coefficient (Wildman–Crippen LogP) is 0.618. The van der Waals surface area contributed by atoms with Crippen molar-refractivity contribution < 1.29 is 0 Å². The SMILES string of the molecule is C[C@@H]1CC(N)CC2(CC2)N1. The molecule has 2 heteroatoms. The zero-order chi connectivity index (χ0) is 7.19. The number of nitrogens with two attached hydrogens (primary N) is 1. The molecule has 1 aliphatic carbocycles. The van der Waals surface area contributed by atoms with Gasteiger partial charge in [-0.05, 0) is 32.6 Å². The summed E-state index contributed by atoms with van der Waals surface area (Å²) in [5.74, 6) is 0. The van der Waals surface area contributed by atoms with Crippen LogP contribution in [0.25, 0.3) is 0 Å². The summed E-state index contributed by atoms with van der Waals surface area (Å²) >= 11 is 0. The Morgan fingerprint density at radius 2 is 2.20 bits per heavy atom. The molecule has 2 rings (SSSR count). The molecule has 10 heavy (non-hydrogen) atoms. The van der Waals surface area contributed by atoms with Crippen LogP contribution in [0.15, 0.2) is 0 Å². The van der Waals surface area contributed by atoms with Crippen molar-refractivity contribution in [1.82, 2.24) is 5.32 Å². The lowest BCUT2D eigenvalue weighted by molar-refractivity contribution is 0.288. The molecule has 0 aromatic heterocycles. The maximum absolute atomic E-state index is 5.90. The summed E-state index contributed by atoms with van der Waals surface area (Å²) in [6.45, 7) is 2.24. The Labute approximate surface area is 62.2 Å². The first-order valence-corrected chi connectivity index (χ1v) is 4.23. The maximum Gasteiger partial charge on any atom is 0.0200 e. The third-order valence-corrected chi connectivity index (χ3v) is 2.72. The molecule has 2 nitrogen and oxygen atoms in total. The average molecular weight is 140 g/mol. The van der Waals surface area contributed by atoms with Gasteiger partial charge in [-0.2, -0.15) is 0 Å². The van der Waals surface area contributed by atoms with Crippen molar-refractivity contribution in [2.75, 3.05) is 0 Å². The number of hydrogen-bond donors (Lipinski definition) is 2. The summed E-state index contributed by atoms with van der Waals surface area (Å²) in [4.78, 5) is 0. The third-order valence-electron chi connectivity index (χ3n) is 2.72. The molecule has 0 amide bonds. The van der Waals surface area contributed by atoms with E-state index >= 15 is 0 Å². The van der Waals surface area contributed by atoms with Gasteiger partial charge in [0.25, 0.3) is 0 Å². The molecule has 0 aromatic rings. The minimum Gasteiger partial charge on any atom is -0.328 e. The summed E-state index contributed by atoms with van der Waals surface area (Å²) in [5, 5.41) is 3.62. The zero-order valence-electron chi connectivity index (χ0n) is 6.56. The van der Waals surface area contributed by atoms with Crippen molar-refractivity contribution in [3.63, 3.8) is 0 Å². The molecule has 1 heterocycles. The van der Waals surface area contributed by atoms with Gasteiger partial charge in [0.05, 0.1) is 0 Å². The van der Waals surface area contributed by atoms with Crippen molar-refractivity contribution in [3.8, 4) is 0 Å². The first kappa shape index (κ1) is 6.62. The minimum atomic E-state index is 0.457. The summed E-state index contributed by atoms with van der Waals surface area (Å²) in [6.07, 6.45) is 5.06. The molecule has 0 radical (unpaired) electrons. The third kappa shape index (κ3) is 1.06. The van der Waals surface area contributed by atoms with Gasteiger partial charge in [0.2, 0.25) is 0 Å². The van der Waals surface area contributed by atoms with Crippen molar-refractivity contribution >= 4 is 0 Å². The van der Waals surface area contributed by atoms with E-state index in [1.165, 1.54) is 19.3 Å². The Morgan fingerprint density at radius 3 is 2.70 bits per heavy atom. The fourth-order valence-corrected chi connectivity index (χ4v) is 2.18. The van der Waals surface area contributed by atoms with E-state index in [0.717, 1.165) is 6.42 Å². The summed E-state index contributed by atoms with van der Waals surface area (Å²) < 4.78 is 0. The van der Waals surface area contributed by atoms with E-state index in [1.54, 1.807) is 0 Å². The van der Waals surface area contributed by atoms with Gasteiger partial charge in [-0.3, -0.25) is 0 Å². The lowest BCUT2D eigenvalue weighted by atomic mass is 9.93. The number of nitrogens with one attached hydrogen (secondary N) is 1. The number of piperidine rings is 1. The Hall–Kier alpha value is -0.0800. The average Bonchev–Trinajstić information content (AvgIpc) is 2.44. The summed E-state index contributed by atoms with van der Waals surface area (Å²) in [5.41, 5.74) is 6.40. The van der Waals surface area contributed by atoms with Crippen LogP contribution in [0.1, 0.15) is 32.6 Å². The molecule has 2 atom stereocenters. The second kappa shape index (κ2) is 1.95. The van der Waals surface area contributed by atoms with Crippen LogP contribution in [-0.4, -0.2) is 17.6 Å². The Balaban J connectivity index is 2.00. The van der Waals surface area contributed by atoms with Crippen LogP contribution >= 0.6 is 0 Å². The number of hydrogen-bond acceptors (Lipinski definition) is 2. The van der Waals surface area contributed by atoms with Gasteiger partial charge in [0, 0.05) is 17.6 Å². The van der Waals surface area contributed by atoms with Gasteiger partial charge in [0.1, 0.15) is 0 Å². The van der Waals surface area contributed by atoms with Crippen LogP contribution < -0.4 is 11.1 Å². The molecule has 3 N–H and O–H groups in total. The van der Waals surface area contributed by atoms with E-state index in [9.17, 15) is 0 Å². The fourth-order valence-electron chi connectivity index (χ4n) is 2.18. The molecule has 1 saturated heterocycles. The highest BCUT2D eigenvalue weighted by Gasteiger charge is 2.46. The molecule has 1 unspecified atom stereocenters. The predicted molar refractivity (Wildman–Crippen MR) is 41.8 cm³/mol. The highest BCUT2D eigenvalue weighted by atomic mass is 15.1. The van der Waals surface area contributed by atoms with Gasteiger partial charge in [-0.25, -0.2) is 0 Å². The highest BCUT2D eigenvalue weighted by molar-refractivity contribution is 5.08. The highest BCUT2D eigenvalue weighted by Crippen LogP contribution is 2.42. The lowest BCUT2D eigenvalue weighted by Gasteiger charge is -2.33. The Bertz CT molecular complexity index is 128. The first-order valence-electron chi connectivity index (χ1n) is 4.23. The van der Waals surface area contributed by atoms with E-state index in [2.05, 4.69) is 12.2 Å². The van der Waals surface area contributed by atoms with E-state index in [4.69, 9.17) is 5.73 Å². The molecule has 2 fully saturated rings. The molecule has 1 saturated carbocycles. The monoisotopic (exact) mass is 140 g/mol. The molecule has 0 bridgehead atoms. The van der Waals surface area contributed by atoms with Gasteiger partial charge in [-0.1, -0.05) is 0 Å². The lowest BCUT2D eigenvalue weighted by Crippen LogP contribution is -2.50. The van der Waals surface area contributed by atoms with Crippen molar-refractivity contribution in [2.24, 2.45) is 5.73 Å². The van der Waals surface area contributed by atoms with Gasteiger partial charge in [0.15, 0.2) is 0 Å². The van der Waals surface area contributed by atoms with Crippen LogP contribution in [0.3, 0.4) is 0 Å². The van der Waals surface area contributed by atoms with Crippen molar-refractivity contribution in [1.29, 1.82) is 0 Å². The molecule has 58 valence electrons. The molecule has 1 aliphatic heterocycles. The van der Waals surface area contributed by atoms with Crippen LogP contribution in [0.2, 0.25) is 0 Å². The van der Waals surface area contributed by atoms with Gasteiger partial charge >= 0.3 is 0 Å². The zero-order valence-corrected chi connectivity index (χ0v) is 6.56. The quantitative estimate of drug-likeness (QED) is 0.517. The topological polar surface area (TPSA) is 38.0 Å². The molecule has 2 aliphatic rings. The summed E-state index contributed by atoms with van der Waals surface area (Å²) in [6, 6.07) is 1.10. The van der Waals surface area contributed by atoms with E-state index in [1.807, 2.05) is 0 Å². The van der Waals surface area contributed by atoms with Crippen LogP contribution in [0.5, 0.6) is 0 Å². The summed E-state index contributed by atoms with van der Waals surface area (Å²) in [7, 11) is 0. The molecular formula is C8H16N2. The second-order valence-corrected chi connectivity index (χ2v) is 4.03. The van der Waals surface area contributed by atoms with E-state index in [-0.39, 0.29) is 0 Å². The second-order valence-electron chi connectivity index (χ2n) is 4.03. The van der Waals surface area contributed by atoms with E-state index in [0.29, 0.717) is 17.6 Å².